The van der Waals surface area contributed by atoms with Crippen LogP contribution in [-0.4, -0.2) is 33.6 Å². The first-order valence-corrected chi connectivity index (χ1v) is 9.23. The number of nitrogens with one attached hydrogen (secondary N) is 2. The summed E-state index contributed by atoms with van der Waals surface area (Å²) in [5.41, 5.74) is 3.03. The van der Waals surface area contributed by atoms with Crippen molar-refractivity contribution >= 4 is 22.7 Å². The van der Waals surface area contributed by atoms with E-state index in [9.17, 15) is 14.0 Å². The summed E-state index contributed by atoms with van der Waals surface area (Å²) in [6.45, 7) is 0.221. The zero-order chi connectivity index (χ0) is 21.1. The molecule has 4 rings (SSSR count). The van der Waals surface area contributed by atoms with E-state index in [-0.39, 0.29) is 24.2 Å². The van der Waals surface area contributed by atoms with Crippen molar-refractivity contribution in [3.05, 3.63) is 89.6 Å². The summed E-state index contributed by atoms with van der Waals surface area (Å²) < 4.78 is 14.9. The van der Waals surface area contributed by atoms with Crippen molar-refractivity contribution < 1.29 is 14.0 Å². The van der Waals surface area contributed by atoms with Crippen molar-refractivity contribution in [3.8, 4) is 5.69 Å². The lowest BCUT2D eigenvalue weighted by Crippen LogP contribution is -2.23. The van der Waals surface area contributed by atoms with E-state index < -0.39 is 0 Å². The smallest absolute Gasteiger partial charge is 0.252 e. The van der Waals surface area contributed by atoms with Gasteiger partial charge in [0.15, 0.2) is 0 Å². The van der Waals surface area contributed by atoms with Gasteiger partial charge >= 0.3 is 0 Å². The largest absolute Gasteiger partial charge is 0.355 e. The zero-order valence-electron chi connectivity index (χ0n) is 16.1. The molecule has 0 saturated carbocycles. The number of hydrogen-bond donors (Lipinski definition) is 2. The molecule has 0 saturated heterocycles. The van der Waals surface area contributed by atoms with Gasteiger partial charge < -0.3 is 10.6 Å². The van der Waals surface area contributed by atoms with Crippen LogP contribution in [0.2, 0.25) is 0 Å². The lowest BCUT2D eigenvalue weighted by Gasteiger charge is -2.08. The molecule has 2 N–H and O–H groups in total. The lowest BCUT2D eigenvalue weighted by molar-refractivity contribution is 0.0950. The van der Waals surface area contributed by atoms with E-state index in [0.717, 1.165) is 5.52 Å². The molecule has 0 aliphatic rings. The Morgan fingerprint density at radius 1 is 1.03 bits per heavy atom. The number of aromatic nitrogens is 3. The zero-order valence-corrected chi connectivity index (χ0v) is 16.1. The molecule has 0 aliphatic heterocycles. The van der Waals surface area contributed by atoms with E-state index in [1.54, 1.807) is 54.5 Å². The van der Waals surface area contributed by atoms with Crippen molar-refractivity contribution in [1.82, 2.24) is 25.4 Å². The second-order valence-corrected chi connectivity index (χ2v) is 6.61. The number of carbonyl (C=O) groups excluding carboxylic acids is 2. The number of fused-ring (bicyclic) bond motifs is 1. The van der Waals surface area contributed by atoms with Gasteiger partial charge in [0.1, 0.15) is 5.82 Å². The topological polar surface area (TPSA) is 88.9 Å². The minimum atomic E-state index is -0.328. The van der Waals surface area contributed by atoms with Crippen LogP contribution in [0.3, 0.4) is 0 Å². The second kappa shape index (κ2) is 8.12. The van der Waals surface area contributed by atoms with Crippen LogP contribution in [0.4, 0.5) is 4.39 Å². The Morgan fingerprint density at radius 3 is 2.60 bits per heavy atom. The maximum Gasteiger partial charge on any atom is 0.252 e. The molecule has 8 heteroatoms. The third kappa shape index (κ3) is 3.75. The normalized spacial score (nSPS) is 10.7. The number of pyridine rings is 1. The SMILES string of the molecule is CNC(=O)c1cncc(CNC(=O)c2cccc3c2cnn3-c2ccc(F)cc2)c1. The fourth-order valence-corrected chi connectivity index (χ4v) is 3.17. The van der Waals surface area contributed by atoms with E-state index >= 15 is 0 Å². The highest BCUT2D eigenvalue weighted by molar-refractivity contribution is 6.06. The van der Waals surface area contributed by atoms with Crippen LogP contribution >= 0.6 is 0 Å². The minimum absolute atomic E-state index is 0.221. The second-order valence-electron chi connectivity index (χ2n) is 6.61. The maximum absolute atomic E-state index is 13.2. The van der Waals surface area contributed by atoms with Crippen molar-refractivity contribution in [2.75, 3.05) is 7.05 Å². The first-order chi connectivity index (χ1) is 14.6. The Balaban J connectivity index is 1.57. The predicted octanol–water partition coefficient (Wildman–Crippen LogP) is 2.85. The van der Waals surface area contributed by atoms with Crippen molar-refractivity contribution in [2.24, 2.45) is 0 Å². The van der Waals surface area contributed by atoms with E-state index in [0.29, 0.717) is 27.8 Å². The number of halogens is 1. The Kier molecular flexibility index (Phi) is 5.21. The van der Waals surface area contributed by atoms with Crippen LogP contribution in [0.15, 0.2) is 67.1 Å². The molecular formula is C22H18FN5O2. The number of nitrogens with zero attached hydrogens (tertiary/aromatic N) is 3. The van der Waals surface area contributed by atoms with Gasteiger partial charge in [-0.25, -0.2) is 9.07 Å². The number of carbonyl (C=O) groups is 2. The summed E-state index contributed by atoms with van der Waals surface area (Å²) >= 11 is 0. The monoisotopic (exact) mass is 403 g/mol. The molecule has 0 atom stereocenters. The summed E-state index contributed by atoms with van der Waals surface area (Å²) in [5, 5.41) is 10.4. The van der Waals surface area contributed by atoms with Gasteiger partial charge in [-0.15, -0.1) is 0 Å². The number of amides is 2. The number of benzene rings is 2. The van der Waals surface area contributed by atoms with E-state index in [1.165, 1.54) is 18.3 Å². The Labute approximate surface area is 171 Å². The lowest BCUT2D eigenvalue weighted by atomic mass is 10.1. The third-order valence-electron chi connectivity index (χ3n) is 4.67. The van der Waals surface area contributed by atoms with Crippen LogP contribution in [0, 0.1) is 5.82 Å². The van der Waals surface area contributed by atoms with E-state index in [2.05, 4.69) is 20.7 Å². The molecule has 2 amide bonds. The summed E-state index contributed by atoms with van der Waals surface area (Å²) in [4.78, 5) is 28.6. The van der Waals surface area contributed by atoms with E-state index in [1.807, 2.05) is 6.07 Å². The van der Waals surface area contributed by atoms with Crippen LogP contribution in [-0.2, 0) is 6.54 Å². The highest BCUT2D eigenvalue weighted by Gasteiger charge is 2.14. The molecule has 0 radical (unpaired) electrons. The summed E-state index contributed by atoms with van der Waals surface area (Å²) in [5.74, 6) is -0.844. The van der Waals surface area contributed by atoms with Gasteiger partial charge in [0.25, 0.3) is 11.8 Å². The van der Waals surface area contributed by atoms with Gasteiger partial charge in [0.05, 0.1) is 28.5 Å². The average molecular weight is 403 g/mol. The van der Waals surface area contributed by atoms with Crippen LogP contribution < -0.4 is 10.6 Å². The molecule has 0 unspecified atom stereocenters. The van der Waals surface area contributed by atoms with Gasteiger partial charge in [-0.3, -0.25) is 14.6 Å². The first-order valence-electron chi connectivity index (χ1n) is 9.23. The molecule has 2 aromatic heterocycles. The molecule has 0 spiro atoms. The van der Waals surface area contributed by atoms with Crippen molar-refractivity contribution in [1.29, 1.82) is 0 Å². The van der Waals surface area contributed by atoms with Gasteiger partial charge in [-0.1, -0.05) is 6.07 Å². The quantitative estimate of drug-likeness (QED) is 0.536. The third-order valence-corrected chi connectivity index (χ3v) is 4.67. The summed E-state index contributed by atoms with van der Waals surface area (Å²) in [7, 11) is 1.55. The van der Waals surface area contributed by atoms with Crippen molar-refractivity contribution in [2.45, 2.75) is 6.54 Å². The molecule has 0 aliphatic carbocycles. The fraction of sp³-hybridized carbons (Fsp3) is 0.0909. The predicted molar refractivity (Wildman–Crippen MR) is 110 cm³/mol. The van der Waals surface area contributed by atoms with Gasteiger partial charge in [-0.05, 0) is 48.0 Å². The average Bonchev–Trinajstić information content (AvgIpc) is 3.22. The molecule has 0 bridgehead atoms. The molecule has 150 valence electrons. The van der Waals surface area contributed by atoms with Crippen LogP contribution in [0.5, 0.6) is 0 Å². The Morgan fingerprint density at radius 2 is 1.83 bits per heavy atom. The van der Waals surface area contributed by atoms with Gasteiger partial charge in [-0.2, -0.15) is 5.10 Å². The molecule has 30 heavy (non-hydrogen) atoms. The fourth-order valence-electron chi connectivity index (χ4n) is 3.17. The Bertz CT molecular complexity index is 1230. The number of rotatable bonds is 5. The molecule has 0 fully saturated rings. The van der Waals surface area contributed by atoms with E-state index in [4.69, 9.17) is 0 Å². The summed E-state index contributed by atoms with van der Waals surface area (Å²) in [6, 6.07) is 13.0. The minimum Gasteiger partial charge on any atom is -0.355 e. The molecule has 7 nitrogen and oxygen atoms in total. The standard InChI is InChI=1S/C22H18FN5O2/c1-24-21(29)15-9-14(10-25-12-15)11-26-22(30)18-3-2-4-20-19(18)13-27-28(20)17-7-5-16(23)6-8-17/h2-10,12-13H,11H2,1H3,(H,24,29)(H,26,30). The molecule has 4 aromatic rings. The van der Waals surface area contributed by atoms with Crippen molar-refractivity contribution in [3.63, 3.8) is 0 Å². The molecular weight excluding hydrogens is 385 g/mol. The summed E-state index contributed by atoms with van der Waals surface area (Å²) in [6.07, 6.45) is 4.68. The van der Waals surface area contributed by atoms with Gasteiger partial charge in [0, 0.05) is 31.4 Å². The molecule has 2 heterocycles. The van der Waals surface area contributed by atoms with Crippen LogP contribution in [0.1, 0.15) is 26.3 Å². The first kappa shape index (κ1) is 19.3. The number of hydrogen-bond acceptors (Lipinski definition) is 4. The Hall–Kier alpha value is -4.07. The van der Waals surface area contributed by atoms with Crippen LogP contribution in [0.25, 0.3) is 16.6 Å². The molecule has 2 aromatic carbocycles. The van der Waals surface area contributed by atoms with Gasteiger partial charge in [0.2, 0.25) is 0 Å². The highest BCUT2D eigenvalue weighted by Crippen LogP contribution is 2.22. The highest BCUT2D eigenvalue weighted by atomic mass is 19.1. The maximum atomic E-state index is 13.2.